The number of nitro groups is 1. The molecule has 2 heterocycles. The first kappa shape index (κ1) is 22.5. The highest BCUT2D eigenvalue weighted by atomic mass is 19.4. The highest BCUT2D eigenvalue weighted by Gasteiger charge is 2.30. The molecule has 0 saturated carbocycles. The van der Waals surface area contributed by atoms with E-state index < -0.39 is 16.7 Å². The standard InChI is InChI=1S/C19H15F3N8O4/c1-23-16-26-17(25-12-4-2-3-11(6-12)19(20,21)22)28-18(27-16)29-24-8-10-5-14-15(34-9-33-14)7-13(10)30(31)32/h2-8H,9H2,1H3,(H3,23,25,26,27,28,29)/b24-8-. The molecule has 34 heavy (non-hydrogen) atoms. The van der Waals surface area contributed by atoms with Crippen LogP contribution in [0.2, 0.25) is 0 Å². The first-order valence-corrected chi connectivity index (χ1v) is 9.48. The molecule has 0 spiro atoms. The maximum absolute atomic E-state index is 13.0. The zero-order chi connectivity index (χ0) is 24.3. The average Bonchev–Trinajstić information content (AvgIpc) is 3.25. The van der Waals surface area contributed by atoms with Crippen molar-refractivity contribution in [1.82, 2.24) is 15.0 Å². The van der Waals surface area contributed by atoms with Gasteiger partial charge in [0.2, 0.25) is 24.6 Å². The Labute approximate surface area is 189 Å². The van der Waals surface area contributed by atoms with Gasteiger partial charge in [0.1, 0.15) is 0 Å². The molecule has 15 heteroatoms. The summed E-state index contributed by atoms with van der Waals surface area (Å²) in [5, 5.41) is 20.6. The molecule has 0 unspecified atom stereocenters. The van der Waals surface area contributed by atoms with Crippen LogP contribution in [0, 0.1) is 10.1 Å². The molecule has 0 fully saturated rings. The largest absolute Gasteiger partial charge is 0.454 e. The van der Waals surface area contributed by atoms with Gasteiger partial charge in [-0.15, -0.1) is 0 Å². The van der Waals surface area contributed by atoms with E-state index in [2.05, 4.69) is 36.1 Å². The van der Waals surface area contributed by atoms with Crippen LogP contribution in [-0.2, 0) is 6.18 Å². The first-order valence-electron chi connectivity index (χ1n) is 9.48. The van der Waals surface area contributed by atoms with Crippen LogP contribution in [0.25, 0.3) is 0 Å². The third kappa shape index (κ3) is 5.03. The maximum Gasteiger partial charge on any atom is 0.416 e. The number of nitrogens with one attached hydrogen (secondary N) is 3. The van der Waals surface area contributed by atoms with Gasteiger partial charge in [0, 0.05) is 12.7 Å². The summed E-state index contributed by atoms with van der Waals surface area (Å²) >= 11 is 0. The van der Waals surface area contributed by atoms with Crippen molar-refractivity contribution >= 4 is 35.4 Å². The summed E-state index contributed by atoms with van der Waals surface area (Å²) in [4.78, 5) is 22.9. The molecule has 1 aliphatic rings. The molecule has 3 aromatic rings. The summed E-state index contributed by atoms with van der Waals surface area (Å²) < 4.78 is 49.2. The second-order valence-electron chi connectivity index (χ2n) is 6.65. The average molecular weight is 476 g/mol. The second-order valence-corrected chi connectivity index (χ2v) is 6.65. The van der Waals surface area contributed by atoms with Crippen molar-refractivity contribution in [3.63, 3.8) is 0 Å². The van der Waals surface area contributed by atoms with Crippen LogP contribution in [-0.4, -0.2) is 39.9 Å². The monoisotopic (exact) mass is 476 g/mol. The van der Waals surface area contributed by atoms with Crippen LogP contribution in [0.4, 0.5) is 42.4 Å². The van der Waals surface area contributed by atoms with Crippen molar-refractivity contribution in [3.8, 4) is 11.5 Å². The van der Waals surface area contributed by atoms with Crippen molar-refractivity contribution in [1.29, 1.82) is 0 Å². The normalized spacial score (nSPS) is 12.6. The number of anilines is 4. The zero-order valence-electron chi connectivity index (χ0n) is 17.3. The predicted octanol–water partition coefficient (Wildman–Crippen LogP) is 3.76. The van der Waals surface area contributed by atoms with Gasteiger partial charge in [0.15, 0.2) is 11.5 Å². The lowest BCUT2D eigenvalue weighted by Gasteiger charge is -2.11. The predicted molar refractivity (Wildman–Crippen MR) is 115 cm³/mol. The van der Waals surface area contributed by atoms with Crippen LogP contribution in [0.15, 0.2) is 41.5 Å². The molecule has 0 amide bonds. The van der Waals surface area contributed by atoms with Crippen LogP contribution in [0.3, 0.4) is 0 Å². The number of rotatable bonds is 7. The topological polar surface area (TPSA) is 149 Å². The second kappa shape index (κ2) is 9.05. The molecule has 2 aromatic carbocycles. The molecule has 0 bridgehead atoms. The Hall–Kier alpha value is -4.69. The van der Waals surface area contributed by atoms with E-state index in [9.17, 15) is 23.3 Å². The van der Waals surface area contributed by atoms with Gasteiger partial charge in [-0.2, -0.15) is 33.2 Å². The molecule has 4 rings (SSSR count). The molecule has 0 saturated heterocycles. The van der Waals surface area contributed by atoms with Gasteiger partial charge < -0.3 is 20.1 Å². The van der Waals surface area contributed by atoms with E-state index in [-0.39, 0.29) is 47.3 Å². The fourth-order valence-corrected chi connectivity index (χ4v) is 2.86. The van der Waals surface area contributed by atoms with E-state index in [0.29, 0.717) is 5.75 Å². The van der Waals surface area contributed by atoms with Crippen molar-refractivity contribution in [3.05, 3.63) is 57.6 Å². The lowest BCUT2D eigenvalue weighted by atomic mass is 10.1. The highest BCUT2D eigenvalue weighted by Crippen LogP contribution is 2.37. The van der Waals surface area contributed by atoms with Gasteiger partial charge in [0.25, 0.3) is 5.69 Å². The Balaban J connectivity index is 1.55. The van der Waals surface area contributed by atoms with Gasteiger partial charge in [-0.25, -0.2) is 5.43 Å². The Bertz CT molecular complexity index is 1270. The number of hydrazone groups is 1. The van der Waals surface area contributed by atoms with Crippen molar-refractivity contribution in [2.75, 3.05) is 29.9 Å². The number of nitrogens with zero attached hydrogens (tertiary/aromatic N) is 5. The number of aromatic nitrogens is 3. The molecule has 0 aliphatic carbocycles. The highest BCUT2D eigenvalue weighted by molar-refractivity contribution is 5.87. The summed E-state index contributed by atoms with van der Waals surface area (Å²) in [5.74, 6) is 0.533. The van der Waals surface area contributed by atoms with Crippen LogP contribution in [0.5, 0.6) is 11.5 Å². The number of benzene rings is 2. The molecule has 0 atom stereocenters. The Morgan fingerprint density at radius 1 is 1.09 bits per heavy atom. The lowest BCUT2D eigenvalue weighted by molar-refractivity contribution is -0.385. The first-order chi connectivity index (χ1) is 16.2. The van der Waals surface area contributed by atoms with E-state index >= 15 is 0 Å². The van der Waals surface area contributed by atoms with Crippen molar-refractivity contribution in [2.45, 2.75) is 6.18 Å². The third-order valence-corrected chi connectivity index (χ3v) is 4.39. The van der Waals surface area contributed by atoms with E-state index in [0.717, 1.165) is 12.1 Å². The van der Waals surface area contributed by atoms with Crippen LogP contribution in [0.1, 0.15) is 11.1 Å². The van der Waals surface area contributed by atoms with Crippen molar-refractivity contribution in [2.24, 2.45) is 5.10 Å². The van der Waals surface area contributed by atoms with E-state index in [1.165, 1.54) is 37.5 Å². The van der Waals surface area contributed by atoms with E-state index in [1.807, 2.05) is 0 Å². The molecular formula is C19H15F3N8O4. The number of halogens is 3. The van der Waals surface area contributed by atoms with Crippen LogP contribution < -0.4 is 25.5 Å². The van der Waals surface area contributed by atoms with Gasteiger partial charge in [0.05, 0.1) is 28.3 Å². The minimum Gasteiger partial charge on any atom is -0.454 e. The maximum atomic E-state index is 13.0. The third-order valence-electron chi connectivity index (χ3n) is 4.39. The molecule has 0 radical (unpaired) electrons. The molecule has 176 valence electrons. The Kier molecular flexibility index (Phi) is 5.99. The zero-order valence-corrected chi connectivity index (χ0v) is 17.3. The molecule has 1 aromatic heterocycles. The number of fused-ring (bicyclic) bond motifs is 1. The summed E-state index contributed by atoms with van der Waals surface area (Å²) in [6, 6.07) is 7.14. The molecule has 1 aliphatic heterocycles. The van der Waals surface area contributed by atoms with Gasteiger partial charge in [-0.3, -0.25) is 10.1 Å². The number of hydrogen-bond donors (Lipinski definition) is 3. The number of hydrogen-bond acceptors (Lipinski definition) is 11. The summed E-state index contributed by atoms with van der Waals surface area (Å²) in [6.07, 6.45) is -3.34. The van der Waals surface area contributed by atoms with Gasteiger partial charge >= 0.3 is 6.18 Å². The SMILES string of the molecule is CNc1nc(N/N=C\c2cc3c(cc2[N+](=O)[O-])OCO3)nc(Nc2cccc(C(F)(F)F)c2)n1. The number of alkyl halides is 3. The fraction of sp³-hybridized carbons (Fsp3) is 0.158. The minimum atomic E-state index is -4.51. The summed E-state index contributed by atoms with van der Waals surface area (Å²) in [5.41, 5.74) is 1.66. The number of nitro benzene ring substituents is 1. The quantitative estimate of drug-likeness (QED) is 0.261. The van der Waals surface area contributed by atoms with Crippen molar-refractivity contribution < 1.29 is 27.6 Å². The molecule has 3 N–H and O–H groups in total. The number of ether oxygens (including phenoxy) is 2. The van der Waals surface area contributed by atoms with Crippen LogP contribution >= 0.6 is 0 Å². The molecule has 12 nitrogen and oxygen atoms in total. The summed E-state index contributed by atoms with van der Waals surface area (Å²) in [6.45, 7) is -0.0510. The van der Waals surface area contributed by atoms with Gasteiger partial charge in [-0.05, 0) is 24.3 Å². The lowest BCUT2D eigenvalue weighted by Crippen LogP contribution is -2.08. The fourth-order valence-electron chi connectivity index (χ4n) is 2.86. The molecular weight excluding hydrogens is 461 g/mol. The van der Waals surface area contributed by atoms with Gasteiger partial charge in [-0.1, -0.05) is 6.07 Å². The Morgan fingerprint density at radius 3 is 2.50 bits per heavy atom. The minimum absolute atomic E-state index is 0.0510. The summed E-state index contributed by atoms with van der Waals surface area (Å²) in [7, 11) is 1.53. The van der Waals surface area contributed by atoms with E-state index in [4.69, 9.17) is 9.47 Å². The Morgan fingerprint density at radius 2 is 1.79 bits per heavy atom. The smallest absolute Gasteiger partial charge is 0.416 e. The van der Waals surface area contributed by atoms with E-state index in [1.54, 1.807) is 0 Å².